The number of nitrogens with zero attached hydrogens (tertiary/aromatic N) is 1. The number of rotatable bonds is 6. The first-order valence-electron chi connectivity index (χ1n) is 7.97. The molecule has 1 rings (SSSR count). The van der Waals surface area contributed by atoms with Gasteiger partial charge in [-0.3, -0.25) is 9.59 Å². The number of likely N-dealkylation sites (tertiary alicyclic amines) is 1. The molecule has 0 aromatic carbocycles. The van der Waals surface area contributed by atoms with Gasteiger partial charge in [-0.15, -0.1) is 12.3 Å². The lowest BCUT2D eigenvalue weighted by Crippen LogP contribution is -2.55. The Balaban J connectivity index is 2.74. The highest BCUT2D eigenvalue weighted by molar-refractivity contribution is 5.91. The quantitative estimate of drug-likeness (QED) is 0.549. The van der Waals surface area contributed by atoms with Gasteiger partial charge in [-0.2, -0.15) is 0 Å². The zero-order valence-corrected chi connectivity index (χ0v) is 14.2. The van der Waals surface area contributed by atoms with Gasteiger partial charge in [0.1, 0.15) is 12.3 Å². The van der Waals surface area contributed by atoms with E-state index in [0.29, 0.717) is 32.1 Å². The van der Waals surface area contributed by atoms with Gasteiger partial charge in [-0.25, -0.2) is 0 Å². The summed E-state index contributed by atoms with van der Waals surface area (Å²) in [4.78, 5) is 37.5. The van der Waals surface area contributed by atoms with Gasteiger partial charge >= 0.3 is 0 Å². The highest BCUT2D eigenvalue weighted by Crippen LogP contribution is 2.24. The molecule has 0 saturated carbocycles. The molecule has 1 heterocycles. The van der Waals surface area contributed by atoms with E-state index in [0.717, 1.165) is 6.42 Å². The van der Waals surface area contributed by atoms with E-state index in [1.807, 2.05) is 20.8 Å². The Morgan fingerprint density at radius 1 is 1.48 bits per heavy atom. The van der Waals surface area contributed by atoms with Crippen LogP contribution in [0.15, 0.2) is 0 Å². The van der Waals surface area contributed by atoms with Crippen molar-refractivity contribution in [3.05, 3.63) is 0 Å². The molecular weight excluding hydrogens is 294 g/mol. The smallest absolute Gasteiger partial charge is 0.243 e. The highest BCUT2D eigenvalue weighted by Gasteiger charge is 2.39. The molecule has 0 aliphatic carbocycles. The molecule has 0 bridgehead atoms. The van der Waals surface area contributed by atoms with Crippen molar-refractivity contribution < 1.29 is 14.4 Å². The number of amides is 2. The van der Waals surface area contributed by atoms with E-state index in [1.165, 1.54) is 4.90 Å². The molecule has 6 nitrogen and oxygen atoms in total. The molecular formula is C17H27N3O3. The topological polar surface area (TPSA) is 92.5 Å². The second-order valence-electron chi connectivity index (χ2n) is 7.03. The Morgan fingerprint density at radius 3 is 2.65 bits per heavy atom. The normalized spacial score (nSPS) is 20.5. The van der Waals surface area contributed by atoms with Gasteiger partial charge in [0.15, 0.2) is 0 Å². The van der Waals surface area contributed by atoms with Crippen LogP contribution in [0.4, 0.5) is 0 Å². The van der Waals surface area contributed by atoms with Crippen LogP contribution >= 0.6 is 0 Å². The van der Waals surface area contributed by atoms with Crippen molar-refractivity contribution in [2.45, 2.75) is 64.6 Å². The molecule has 1 fully saturated rings. The predicted molar refractivity (Wildman–Crippen MR) is 88.2 cm³/mol. The monoisotopic (exact) mass is 321 g/mol. The van der Waals surface area contributed by atoms with Gasteiger partial charge in [0.2, 0.25) is 11.8 Å². The maximum Gasteiger partial charge on any atom is 0.243 e. The summed E-state index contributed by atoms with van der Waals surface area (Å²) < 4.78 is 0. The molecule has 1 saturated heterocycles. The molecule has 23 heavy (non-hydrogen) atoms. The fraction of sp³-hybridized carbons (Fsp3) is 0.706. The van der Waals surface area contributed by atoms with Crippen LogP contribution in [0.3, 0.4) is 0 Å². The van der Waals surface area contributed by atoms with E-state index in [9.17, 15) is 14.4 Å². The first kappa shape index (κ1) is 19.2. The fourth-order valence-electron chi connectivity index (χ4n) is 2.54. The molecule has 128 valence electrons. The zero-order valence-electron chi connectivity index (χ0n) is 14.2. The Hall–Kier alpha value is -1.87. The van der Waals surface area contributed by atoms with Crippen molar-refractivity contribution in [2.75, 3.05) is 6.54 Å². The van der Waals surface area contributed by atoms with E-state index in [1.54, 1.807) is 0 Å². The minimum absolute atomic E-state index is 0.221. The van der Waals surface area contributed by atoms with Crippen LogP contribution in [-0.4, -0.2) is 47.7 Å². The fourth-order valence-corrected chi connectivity index (χ4v) is 2.54. The van der Waals surface area contributed by atoms with Gasteiger partial charge in [0.25, 0.3) is 0 Å². The van der Waals surface area contributed by atoms with Crippen molar-refractivity contribution in [2.24, 2.45) is 11.1 Å². The van der Waals surface area contributed by atoms with Gasteiger partial charge < -0.3 is 20.7 Å². The predicted octanol–water partition coefficient (Wildman–Crippen LogP) is 0.448. The van der Waals surface area contributed by atoms with Crippen molar-refractivity contribution in [3.8, 4) is 12.3 Å². The Morgan fingerprint density at radius 2 is 2.13 bits per heavy atom. The number of terminal acetylenes is 1. The van der Waals surface area contributed by atoms with E-state index in [2.05, 4.69) is 11.2 Å². The molecule has 0 aromatic rings. The van der Waals surface area contributed by atoms with Crippen molar-refractivity contribution in [1.29, 1.82) is 0 Å². The van der Waals surface area contributed by atoms with Crippen molar-refractivity contribution in [1.82, 2.24) is 10.2 Å². The third kappa shape index (κ3) is 5.07. The average Bonchev–Trinajstić information content (AvgIpc) is 2.98. The summed E-state index contributed by atoms with van der Waals surface area (Å²) in [6, 6.07) is -1.85. The zero-order chi connectivity index (χ0) is 17.6. The second kappa shape index (κ2) is 8.11. The third-order valence-electron chi connectivity index (χ3n) is 4.13. The van der Waals surface area contributed by atoms with E-state index in [-0.39, 0.29) is 17.2 Å². The Labute approximate surface area is 138 Å². The molecule has 3 N–H and O–H groups in total. The molecule has 1 aliphatic rings. The lowest BCUT2D eigenvalue weighted by Gasteiger charge is -2.32. The van der Waals surface area contributed by atoms with Crippen molar-refractivity contribution in [3.63, 3.8) is 0 Å². The molecule has 0 radical (unpaired) electrons. The summed E-state index contributed by atoms with van der Waals surface area (Å²) in [6.07, 6.45) is 7.98. The summed E-state index contributed by atoms with van der Waals surface area (Å²) in [5.41, 5.74) is 5.65. The van der Waals surface area contributed by atoms with Crippen LogP contribution in [0.5, 0.6) is 0 Å². The maximum absolute atomic E-state index is 12.6. The summed E-state index contributed by atoms with van der Waals surface area (Å²) in [5.74, 6) is 1.91. The van der Waals surface area contributed by atoms with Crippen LogP contribution < -0.4 is 11.1 Å². The number of carbonyl (C=O) groups excluding carboxylic acids is 3. The Kier molecular flexibility index (Phi) is 6.77. The lowest BCUT2D eigenvalue weighted by molar-refractivity contribution is -0.141. The molecule has 3 atom stereocenters. The number of aldehydes is 1. The summed E-state index contributed by atoms with van der Waals surface area (Å²) in [5, 5.41) is 2.67. The van der Waals surface area contributed by atoms with Crippen LogP contribution in [-0.2, 0) is 14.4 Å². The standard InChI is InChI=1S/C17H27N3O3/c1-5-6-8-12(11-21)19-15(22)13-9-7-10-20(13)16(23)14(18)17(2,3)4/h1,11-14H,6-10,18H2,2-4H3,(H,19,22)/t12?,13-,14+/m0/s1. The van der Waals surface area contributed by atoms with Gasteiger partial charge in [0, 0.05) is 13.0 Å². The molecule has 2 amide bonds. The van der Waals surface area contributed by atoms with Crippen LogP contribution in [0.1, 0.15) is 46.5 Å². The maximum atomic E-state index is 12.6. The molecule has 6 heteroatoms. The van der Waals surface area contributed by atoms with E-state index in [4.69, 9.17) is 12.2 Å². The van der Waals surface area contributed by atoms with Crippen molar-refractivity contribution >= 4 is 18.1 Å². The van der Waals surface area contributed by atoms with E-state index < -0.39 is 18.1 Å². The van der Waals surface area contributed by atoms with E-state index >= 15 is 0 Å². The first-order chi connectivity index (χ1) is 10.7. The largest absolute Gasteiger partial charge is 0.345 e. The van der Waals surface area contributed by atoms with Crippen LogP contribution in [0, 0.1) is 17.8 Å². The molecule has 1 unspecified atom stereocenters. The van der Waals surface area contributed by atoms with Gasteiger partial charge in [-0.05, 0) is 24.7 Å². The minimum Gasteiger partial charge on any atom is -0.345 e. The number of nitrogens with one attached hydrogen (secondary N) is 1. The minimum atomic E-state index is -0.667. The van der Waals surface area contributed by atoms with Crippen LogP contribution in [0.25, 0.3) is 0 Å². The summed E-state index contributed by atoms with van der Waals surface area (Å²) in [6.45, 7) is 6.19. The van der Waals surface area contributed by atoms with Gasteiger partial charge in [-0.1, -0.05) is 20.8 Å². The molecule has 0 aromatic heterocycles. The second-order valence-corrected chi connectivity index (χ2v) is 7.03. The number of carbonyl (C=O) groups is 3. The number of hydrogen-bond donors (Lipinski definition) is 2. The van der Waals surface area contributed by atoms with Crippen LogP contribution in [0.2, 0.25) is 0 Å². The SMILES string of the molecule is C#CCCC(C=O)NC(=O)[C@@H]1CCCN1C(=O)[C@@H](N)C(C)(C)C. The Bertz CT molecular complexity index is 490. The molecule has 1 aliphatic heterocycles. The summed E-state index contributed by atoms with van der Waals surface area (Å²) in [7, 11) is 0. The summed E-state index contributed by atoms with van der Waals surface area (Å²) >= 11 is 0. The lowest BCUT2D eigenvalue weighted by atomic mass is 9.86. The van der Waals surface area contributed by atoms with Gasteiger partial charge in [0.05, 0.1) is 12.1 Å². The number of hydrogen-bond acceptors (Lipinski definition) is 4. The molecule has 0 spiro atoms. The average molecular weight is 321 g/mol. The number of nitrogens with two attached hydrogens (primary N) is 1. The highest BCUT2D eigenvalue weighted by atomic mass is 16.2. The first-order valence-corrected chi connectivity index (χ1v) is 7.97. The third-order valence-corrected chi connectivity index (χ3v) is 4.13.